The van der Waals surface area contributed by atoms with Crippen LogP contribution >= 0.6 is 0 Å². The molecule has 2 aromatic carbocycles. The van der Waals surface area contributed by atoms with E-state index in [1.165, 1.54) is 22.3 Å². The van der Waals surface area contributed by atoms with Crippen molar-refractivity contribution in [1.29, 1.82) is 0 Å². The van der Waals surface area contributed by atoms with Gasteiger partial charge in [-0.2, -0.15) is 0 Å². The predicted octanol–water partition coefficient (Wildman–Crippen LogP) is 6.58. The summed E-state index contributed by atoms with van der Waals surface area (Å²) in [4.78, 5) is 11.2. The number of hydrogen-bond donors (Lipinski definition) is 0. The van der Waals surface area contributed by atoms with E-state index < -0.39 is 0 Å². The van der Waals surface area contributed by atoms with Crippen molar-refractivity contribution in [2.45, 2.75) is 53.9 Å². The zero-order valence-corrected chi connectivity index (χ0v) is 17.7. The van der Waals surface area contributed by atoms with Crippen LogP contribution in [0.15, 0.2) is 36.7 Å². The standard InChI is InChI=1S/C24H27N3O/c1-14-8-9-20-19(10-14)27(23-22(28-20)17(4)25-13-26-23)21-15(2)11-18(12-16(21)3)24(5,6)7/h8-13H,1-7H3. The Kier molecular flexibility index (Phi) is 4.18. The summed E-state index contributed by atoms with van der Waals surface area (Å²) in [5.74, 6) is 2.34. The van der Waals surface area contributed by atoms with Crippen LogP contribution in [0.3, 0.4) is 0 Å². The molecule has 0 saturated carbocycles. The Hall–Kier alpha value is -2.88. The molecule has 4 rings (SSSR count). The van der Waals surface area contributed by atoms with Gasteiger partial charge in [0.25, 0.3) is 0 Å². The van der Waals surface area contributed by atoms with Gasteiger partial charge >= 0.3 is 0 Å². The first-order valence-corrected chi connectivity index (χ1v) is 9.69. The van der Waals surface area contributed by atoms with Crippen molar-refractivity contribution >= 4 is 17.2 Å². The first-order chi connectivity index (χ1) is 13.2. The lowest BCUT2D eigenvalue weighted by Gasteiger charge is -2.35. The Labute approximate surface area is 167 Å². The second-order valence-corrected chi connectivity index (χ2v) is 8.73. The zero-order valence-electron chi connectivity index (χ0n) is 17.7. The minimum absolute atomic E-state index is 0.101. The third kappa shape index (κ3) is 2.93. The Morgan fingerprint density at radius 3 is 2.21 bits per heavy atom. The van der Waals surface area contributed by atoms with Crippen molar-refractivity contribution in [3.8, 4) is 11.5 Å². The minimum atomic E-state index is 0.101. The highest BCUT2D eigenvalue weighted by atomic mass is 16.5. The molecule has 0 bridgehead atoms. The molecule has 1 aromatic heterocycles. The number of aromatic nitrogens is 2. The highest BCUT2D eigenvalue weighted by Gasteiger charge is 2.31. The molecule has 0 aliphatic carbocycles. The first kappa shape index (κ1) is 18.5. The molecule has 28 heavy (non-hydrogen) atoms. The van der Waals surface area contributed by atoms with Crippen LogP contribution in [0.2, 0.25) is 0 Å². The molecule has 4 heteroatoms. The van der Waals surface area contributed by atoms with Crippen molar-refractivity contribution in [3.05, 3.63) is 64.6 Å². The van der Waals surface area contributed by atoms with E-state index in [0.29, 0.717) is 0 Å². The molecular weight excluding hydrogens is 346 g/mol. The van der Waals surface area contributed by atoms with Crippen molar-refractivity contribution in [2.75, 3.05) is 4.90 Å². The van der Waals surface area contributed by atoms with Gasteiger partial charge < -0.3 is 4.74 Å². The predicted molar refractivity (Wildman–Crippen MR) is 114 cm³/mol. The molecule has 0 amide bonds. The highest BCUT2D eigenvalue weighted by molar-refractivity contribution is 5.87. The molecule has 0 spiro atoms. The van der Waals surface area contributed by atoms with Crippen LogP contribution in [-0.2, 0) is 5.41 Å². The average molecular weight is 374 g/mol. The number of hydrogen-bond acceptors (Lipinski definition) is 4. The van der Waals surface area contributed by atoms with Crippen LogP contribution < -0.4 is 9.64 Å². The molecule has 0 saturated heterocycles. The van der Waals surface area contributed by atoms with Crippen LogP contribution in [0, 0.1) is 27.7 Å². The Balaban J connectivity index is 2.01. The fourth-order valence-electron chi connectivity index (χ4n) is 3.81. The number of rotatable bonds is 1. The maximum absolute atomic E-state index is 6.21. The van der Waals surface area contributed by atoms with Gasteiger partial charge in [0.05, 0.1) is 17.1 Å². The van der Waals surface area contributed by atoms with E-state index in [0.717, 1.165) is 34.4 Å². The lowest BCUT2D eigenvalue weighted by Crippen LogP contribution is -2.21. The first-order valence-electron chi connectivity index (χ1n) is 9.69. The van der Waals surface area contributed by atoms with Crippen molar-refractivity contribution in [3.63, 3.8) is 0 Å². The van der Waals surface area contributed by atoms with Crippen LogP contribution in [0.25, 0.3) is 0 Å². The van der Waals surface area contributed by atoms with E-state index in [4.69, 9.17) is 4.74 Å². The quantitative estimate of drug-likeness (QED) is 0.377. The van der Waals surface area contributed by atoms with Gasteiger partial charge in [0, 0.05) is 0 Å². The molecule has 1 aliphatic heterocycles. The molecule has 0 atom stereocenters. The molecule has 3 aromatic rings. The van der Waals surface area contributed by atoms with Gasteiger partial charge in [0.1, 0.15) is 6.33 Å². The van der Waals surface area contributed by atoms with Gasteiger partial charge in [-0.1, -0.05) is 39.0 Å². The fraction of sp³-hybridized carbons (Fsp3) is 0.333. The molecule has 0 fully saturated rings. The van der Waals surface area contributed by atoms with Crippen LogP contribution in [0.5, 0.6) is 11.5 Å². The maximum Gasteiger partial charge on any atom is 0.191 e. The van der Waals surface area contributed by atoms with Crippen LogP contribution in [0.1, 0.15) is 48.7 Å². The Morgan fingerprint density at radius 1 is 0.893 bits per heavy atom. The molecule has 0 unspecified atom stereocenters. The van der Waals surface area contributed by atoms with Gasteiger partial charge in [-0.3, -0.25) is 4.90 Å². The van der Waals surface area contributed by atoms with Gasteiger partial charge in [-0.05, 0) is 67.5 Å². The van der Waals surface area contributed by atoms with E-state index in [2.05, 4.69) is 80.7 Å². The molecule has 1 aliphatic rings. The summed E-state index contributed by atoms with van der Waals surface area (Å²) in [6.45, 7) is 15.2. The number of aryl methyl sites for hydroxylation is 4. The molecular formula is C24H27N3O. The summed E-state index contributed by atoms with van der Waals surface area (Å²) in [5, 5.41) is 0. The lowest BCUT2D eigenvalue weighted by atomic mass is 9.84. The Morgan fingerprint density at radius 2 is 1.57 bits per heavy atom. The SMILES string of the molecule is Cc1ccc2c(c1)N(c1c(C)cc(C(C)(C)C)cc1C)c1ncnc(C)c1O2. The zero-order chi connectivity index (χ0) is 20.2. The summed E-state index contributed by atoms with van der Waals surface area (Å²) in [6.07, 6.45) is 1.61. The third-order valence-electron chi connectivity index (χ3n) is 5.32. The topological polar surface area (TPSA) is 38.2 Å². The van der Waals surface area contributed by atoms with Crippen molar-refractivity contribution < 1.29 is 4.74 Å². The normalized spacial score (nSPS) is 13.0. The van der Waals surface area contributed by atoms with Gasteiger partial charge in [0.2, 0.25) is 0 Å². The van der Waals surface area contributed by atoms with Crippen molar-refractivity contribution in [2.24, 2.45) is 0 Å². The molecule has 4 nitrogen and oxygen atoms in total. The second-order valence-electron chi connectivity index (χ2n) is 8.73. The van der Waals surface area contributed by atoms with E-state index >= 15 is 0 Å². The highest BCUT2D eigenvalue weighted by Crippen LogP contribution is 2.52. The van der Waals surface area contributed by atoms with Gasteiger partial charge in [0.15, 0.2) is 17.3 Å². The number of nitrogens with zero attached hydrogens (tertiary/aromatic N) is 3. The number of fused-ring (bicyclic) bond motifs is 2. The number of benzene rings is 2. The Bertz CT molecular complexity index is 1050. The average Bonchev–Trinajstić information content (AvgIpc) is 2.60. The van der Waals surface area contributed by atoms with Gasteiger partial charge in [-0.25, -0.2) is 9.97 Å². The smallest absolute Gasteiger partial charge is 0.191 e. The summed E-state index contributed by atoms with van der Waals surface area (Å²) in [7, 11) is 0. The molecule has 144 valence electrons. The molecule has 0 radical (unpaired) electrons. The molecule has 2 heterocycles. The summed E-state index contributed by atoms with van der Waals surface area (Å²) < 4.78 is 6.21. The summed E-state index contributed by atoms with van der Waals surface area (Å²) >= 11 is 0. The summed E-state index contributed by atoms with van der Waals surface area (Å²) in [5.41, 5.74) is 8.07. The fourth-order valence-corrected chi connectivity index (χ4v) is 3.81. The third-order valence-corrected chi connectivity index (χ3v) is 5.32. The van der Waals surface area contributed by atoms with Crippen molar-refractivity contribution in [1.82, 2.24) is 9.97 Å². The maximum atomic E-state index is 6.21. The second kappa shape index (κ2) is 6.33. The monoisotopic (exact) mass is 373 g/mol. The molecule has 0 N–H and O–H groups in total. The number of ether oxygens (including phenoxy) is 1. The largest absolute Gasteiger partial charge is 0.449 e. The lowest BCUT2D eigenvalue weighted by molar-refractivity contribution is 0.466. The van der Waals surface area contributed by atoms with E-state index in [1.807, 2.05) is 13.0 Å². The van der Waals surface area contributed by atoms with E-state index in [9.17, 15) is 0 Å². The van der Waals surface area contributed by atoms with E-state index in [1.54, 1.807) is 6.33 Å². The number of anilines is 3. The summed E-state index contributed by atoms with van der Waals surface area (Å²) in [6, 6.07) is 10.8. The van der Waals surface area contributed by atoms with Gasteiger partial charge in [-0.15, -0.1) is 0 Å². The minimum Gasteiger partial charge on any atom is -0.449 e. The van der Waals surface area contributed by atoms with E-state index in [-0.39, 0.29) is 5.41 Å². The van der Waals surface area contributed by atoms with Crippen LogP contribution in [-0.4, -0.2) is 9.97 Å². The van der Waals surface area contributed by atoms with Crippen LogP contribution in [0.4, 0.5) is 17.2 Å².